The lowest BCUT2D eigenvalue weighted by atomic mass is 10.1. The van der Waals surface area contributed by atoms with Crippen molar-refractivity contribution in [3.8, 4) is 34.3 Å². The second-order valence-corrected chi connectivity index (χ2v) is 4.84. The largest absolute Gasteiger partial charge is 0.508 e. The molecule has 3 rings (SSSR count). The molecule has 0 saturated heterocycles. The van der Waals surface area contributed by atoms with E-state index in [4.69, 9.17) is 4.42 Å². The molecule has 0 unspecified atom stereocenters. The van der Waals surface area contributed by atoms with Crippen molar-refractivity contribution in [1.29, 1.82) is 0 Å². The minimum atomic E-state index is -0.889. The summed E-state index contributed by atoms with van der Waals surface area (Å²) < 4.78 is 5.39. The maximum absolute atomic E-state index is 12.2. The van der Waals surface area contributed by atoms with E-state index in [1.54, 1.807) is 0 Å². The molecule has 0 fully saturated rings. The molecule has 3 aromatic rings. The Bertz CT molecular complexity index is 1000. The number of rotatable bonds is 2. The van der Waals surface area contributed by atoms with Gasteiger partial charge in [0.05, 0.1) is 5.56 Å². The van der Waals surface area contributed by atoms with E-state index in [1.165, 1.54) is 18.2 Å². The Morgan fingerprint density at radius 2 is 1.70 bits per heavy atom. The molecule has 0 aliphatic heterocycles. The molecule has 0 atom stereocenters. The molecular weight excluding hydrogens is 304 g/mol. The molecule has 0 bridgehead atoms. The Hall–Kier alpha value is -3.48. The first-order valence-corrected chi connectivity index (χ1v) is 6.42. The van der Waals surface area contributed by atoms with Crippen molar-refractivity contribution in [1.82, 2.24) is 0 Å². The summed E-state index contributed by atoms with van der Waals surface area (Å²) in [7, 11) is 0. The predicted molar refractivity (Wildman–Crippen MR) is 80.0 cm³/mol. The fourth-order valence-corrected chi connectivity index (χ4v) is 2.26. The van der Waals surface area contributed by atoms with Crippen LogP contribution in [0.1, 0.15) is 10.4 Å². The van der Waals surface area contributed by atoms with Crippen LogP contribution in [-0.2, 0) is 0 Å². The molecule has 2 aromatic carbocycles. The molecule has 0 radical (unpaired) electrons. The third-order valence-electron chi connectivity index (χ3n) is 3.35. The number of aromatic hydroxyl groups is 4. The van der Waals surface area contributed by atoms with Crippen LogP contribution in [0.5, 0.6) is 23.0 Å². The van der Waals surface area contributed by atoms with Crippen molar-refractivity contribution < 1.29 is 29.6 Å². The predicted octanol–water partition coefficient (Wildman–Crippen LogP) is 2.09. The van der Waals surface area contributed by atoms with Gasteiger partial charge in [-0.05, 0) is 18.2 Å². The third-order valence-corrected chi connectivity index (χ3v) is 3.35. The number of hydrogen-bond donors (Lipinski definition) is 4. The zero-order valence-corrected chi connectivity index (χ0v) is 11.5. The van der Waals surface area contributed by atoms with Crippen LogP contribution < -0.4 is 5.43 Å². The molecule has 0 aliphatic carbocycles. The third kappa shape index (κ3) is 2.24. The van der Waals surface area contributed by atoms with Gasteiger partial charge in [-0.15, -0.1) is 0 Å². The topological polar surface area (TPSA) is 128 Å². The Labute approximate surface area is 128 Å². The summed E-state index contributed by atoms with van der Waals surface area (Å²) in [6.07, 6.45) is 0.409. The number of carbonyl (C=O) groups is 1. The second-order valence-electron chi connectivity index (χ2n) is 4.84. The minimum Gasteiger partial charge on any atom is -0.508 e. The van der Waals surface area contributed by atoms with Gasteiger partial charge < -0.3 is 24.8 Å². The zero-order valence-electron chi connectivity index (χ0n) is 11.5. The second kappa shape index (κ2) is 5.06. The fourth-order valence-electron chi connectivity index (χ4n) is 2.26. The number of fused-ring (bicyclic) bond motifs is 1. The van der Waals surface area contributed by atoms with Crippen molar-refractivity contribution in [2.45, 2.75) is 0 Å². The molecule has 0 aliphatic rings. The van der Waals surface area contributed by atoms with Gasteiger partial charge in [0.25, 0.3) is 0 Å². The quantitative estimate of drug-likeness (QED) is 0.533. The molecule has 23 heavy (non-hydrogen) atoms. The summed E-state index contributed by atoms with van der Waals surface area (Å²) in [5, 5.41) is 38.5. The van der Waals surface area contributed by atoms with Gasteiger partial charge in [-0.25, -0.2) is 0 Å². The van der Waals surface area contributed by atoms with E-state index in [0.29, 0.717) is 6.29 Å². The van der Waals surface area contributed by atoms with Gasteiger partial charge in [0.15, 0.2) is 12.0 Å². The van der Waals surface area contributed by atoms with Crippen molar-refractivity contribution in [2.24, 2.45) is 0 Å². The summed E-state index contributed by atoms with van der Waals surface area (Å²) in [4.78, 5) is 23.1. The summed E-state index contributed by atoms with van der Waals surface area (Å²) in [5.74, 6) is -2.14. The lowest BCUT2D eigenvalue weighted by Crippen LogP contribution is -2.03. The summed E-state index contributed by atoms with van der Waals surface area (Å²) in [6.45, 7) is 0. The van der Waals surface area contributed by atoms with Crippen LogP contribution in [-0.4, -0.2) is 26.7 Å². The van der Waals surface area contributed by atoms with E-state index in [-0.39, 0.29) is 39.4 Å². The van der Waals surface area contributed by atoms with Gasteiger partial charge in [-0.1, -0.05) is 0 Å². The molecule has 7 heteroatoms. The Balaban J connectivity index is 2.37. The first-order chi connectivity index (χ1) is 10.9. The number of carbonyl (C=O) groups excluding carboxylic acids is 1. The van der Waals surface area contributed by atoms with Crippen LogP contribution in [0.25, 0.3) is 22.3 Å². The van der Waals surface area contributed by atoms with E-state index in [2.05, 4.69) is 0 Å². The molecule has 0 saturated carbocycles. The molecule has 7 nitrogen and oxygen atoms in total. The van der Waals surface area contributed by atoms with Gasteiger partial charge in [0, 0.05) is 17.7 Å². The summed E-state index contributed by atoms with van der Waals surface area (Å²) in [5.41, 5.74) is -0.909. The SMILES string of the molecule is O=Cc1cc(-c2oc3cc(O)cc(O)c3c(=O)c2O)ccc1O. The van der Waals surface area contributed by atoms with Gasteiger partial charge in [-0.3, -0.25) is 9.59 Å². The number of phenolic OH excluding ortho intramolecular Hbond substituents is 3. The van der Waals surface area contributed by atoms with Crippen LogP contribution in [0.4, 0.5) is 0 Å². The lowest BCUT2D eigenvalue weighted by Gasteiger charge is -2.08. The van der Waals surface area contributed by atoms with E-state index in [9.17, 15) is 30.0 Å². The van der Waals surface area contributed by atoms with E-state index >= 15 is 0 Å². The van der Waals surface area contributed by atoms with Crippen LogP contribution in [0, 0.1) is 0 Å². The molecule has 1 aromatic heterocycles. The number of aldehydes is 1. The normalized spacial score (nSPS) is 10.8. The van der Waals surface area contributed by atoms with E-state index < -0.39 is 16.9 Å². The van der Waals surface area contributed by atoms with Crippen LogP contribution in [0.15, 0.2) is 39.5 Å². The number of benzene rings is 2. The summed E-state index contributed by atoms with van der Waals surface area (Å²) in [6, 6.07) is 5.84. The average molecular weight is 314 g/mol. The van der Waals surface area contributed by atoms with Crippen molar-refractivity contribution in [2.75, 3.05) is 0 Å². The van der Waals surface area contributed by atoms with Crippen molar-refractivity contribution >= 4 is 17.3 Å². The highest BCUT2D eigenvalue weighted by molar-refractivity contribution is 5.89. The Morgan fingerprint density at radius 3 is 2.39 bits per heavy atom. The van der Waals surface area contributed by atoms with Crippen LogP contribution in [0.3, 0.4) is 0 Å². The van der Waals surface area contributed by atoms with Crippen LogP contribution in [0.2, 0.25) is 0 Å². The summed E-state index contributed by atoms with van der Waals surface area (Å²) >= 11 is 0. The lowest BCUT2D eigenvalue weighted by molar-refractivity contribution is 0.112. The van der Waals surface area contributed by atoms with Gasteiger partial charge in [-0.2, -0.15) is 0 Å². The van der Waals surface area contributed by atoms with Crippen molar-refractivity contribution in [3.05, 3.63) is 46.1 Å². The smallest absolute Gasteiger partial charge is 0.238 e. The maximum Gasteiger partial charge on any atom is 0.238 e. The average Bonchev–Trinajstić information content (AvgIpc) is 2.50. The van der Waals surface area contributed by atoms with E-state index in [1.807, 2.05) is 0 Å². The van der Waals surface area contributed by atoms with Gasteiger partial charge >= 0.3 is 0 Å². The zero-order chi connectivity index (χ0) is 16.7. The molecule has 0 amide bonds. The Morgan fingerprint density at radius 1 is 0.957 bits per heavy atom. The van der Waals surface area contributed by atoms with Crippen molar-refractivity contribution in [3.63, 3.8) is 0 Å². The van der Waals surface area contributed by atoms with Crippen LogP contribution >= 0.6 is 0 Å². The standard InChI is InChI=1S/C16H10O7/c17-6-8-3-7(1-2-10(8)19)16-15(22)14(21)13-11(20)4-9(18)5-12(13)23-16/h1-6,18-20,22H. The van der Waals surface area contributed by atoms with Gasteiger partial charge in [0.1, 0.15) is 28.2 Å². The highest BCUT2D eigenvalue weighted by Gasteiger charge is 2.19. The fraction of sp³-hybridized carbons (Fsp3) is 0. The highest BCUT2D eigenvalue weighted by atomic mass is 16.4. The molecule has 1 heterocycles. The monoisotopic (exact) mass is 314 g/mol. The highest BCUT2D eigenvalue weighted by Crippen LogP contribution is 2.35. The molecule has 4 N–H and O–H groups in total. The molecular formula is C16H10O7. The van der Waals surface area contributed by atoms with Gasteiger partial charge in [0.2, 0.25) is 11.2 Å². The molecule has 116 valence electrons. The maximum atomic E-state index is 12.2. The Kier molecular flexibility index (Phi) is 3.18. The van der Waals surface area contributed by atoms with E-state index in [0.717, 1.165) is 12.1 Å². The first kappa shape index (κ1) is 14.5. The minimum absolute atomic E-state index is 0.0524. The first-order valence-electron chi connectivity index (χ1n) is 6.42. The number of hydrogen-bond acceptors (Lipinski definition) is 7. The molecule has 0 spiro atoms. The number of phenols is 3.